The van der Waals surface area contributed by atoms with Crippen LogP contribution in [0, 0.1) is 0 Å². The zero-order chi connectivity index (χ0) is 22.0. The van der Waals surface area contributed by atoms with E-state index in [1.54, 1.807) is 9.80 Å². The van der Waals surface area contributed by atoms with E-state index in [1.165, 1.54) is 43.5 Å². The smallest absolute Gasteiger partial charge is 0.352 e. The van der Waals surface area contributed by atoms with Crippen LogP contribution < -0.4 is 10.2 Å². The number of alkyl halides is 3. The minimum absolute atomic E-state index is 0.0793. The molecule has 4 rings (SSSR count). The molecule has 166 valence electrons. The van der Waals surface area contributed by atoms with Gasteiger partial charge in [-0.1, -0.05) is 25.0 Å². The van der Waals surface area contributed by atoms with Gasteiger partial charge in [-0.15, -0.1) is 0 Å². The number of amides is 2. The topological polar surface area (TPSA) is 48.5 Å². The van der Waals surface area contributed by atoms with Crippen molar-refractivity contribution in [3.63, 3.8) is 0 Å². The van der Waals surface area contributed by atoms with Gasteiger partial charge in [0.05, 0.1) is 5.56 Å². The van der Waals surface area contributed by atoms with Crippen LogP contribution in [0.1, 0.15) is 49.7 Å². The summed E-state index contributed by atoms with van der Waals surface area (Å²) < 4.78 is 40.0. The second kappa shape index (κ2) is 8.77. The first-order valence-corrected chi connectivity index (χ1v) is 10.8. The molecular formula is C23H27F3N4O. The molecule has 1 aromatic carbocycles. The monoisotopic (exact) mass is 432 g/mol. The summed E-state index contributed by atoms with van der Waals surface area (Å²) in [5.74, 6) is 0.537. The molecule has 1 atom stereocenters. The van der Waals surface area contributed by atoms with Crippen molar-refractivity contribution in [2.45, 2.75) is 50.7 Å². The second-order valence-electron chi connectivity index (χ2n) is 8.39. The molecule has 8 heteroatoms. The summed E-state index contributed by atoms with van der Waals surface area (Å²) in [7, 11) is 0. The number of hydrogen-bond donors (Lipinski definition) is 1. The number of halogens is 3. The van der Waals surface area contributed by atoms with Gasteiger partial charge < -0.3 is 15.1 Å². The van der Waals surface area contributed by atoms with Crippen LogP contribution in [0.25, 0.3) is 0 Å². The Labute approximate surface area is 180 Å². The number of pyridine rings is 1. The lowest BCUT2D eigenvalue weighted by molar-refractivity contribution is -0.137. The predicted octanol–water partition coefficient (Wildman–Crippen LogP) is 5.50. The van der Waals surface area contributed by atoms with Crippen molar-refractivity contribution in [3.05, 3.63) is 53.7 Å². The van der Waals surface area contributed by atoms with Gasteiger partial charge in [0.1, 0.15) is 5.82 Å². The van der Waals surface area contributed by atoms with Gasteiger partial charge >= 0.3 is 12.2 Å². The summed E-state index contributed by atoms with van der Waals surface area (Å²) in [6.07, 6.45) is 1.89. The molecule has 2 heterocycles. The Balaban J connectivity index is 1.38. The summed E-state index contributed by atoms with van der Waals surface area (Å²) in [6.45, 7) is 2.73. The molecule has 5 nitrogen and oxygen atoms in total. The molecule has 1 saturated heterocycles. The van der Waals surface area contributed by atoms with Crippen molar-refractivity contribution >= 4 is 17.5 Å². The maximum absolute atomic E-state index is 13.3. The van der Waals surface area contributed by atoms with Gasteiger partial charge in [0.2, 0.25) is 0 Å². The lowest BCUT2D eigenvalue weighted by Crippen LogP contribution is -2.55. The van der Waals surface area contributed by atoms with Gasteiger partial charge in [0.25, 0.3) is 0 Å². The van der Waals surface area contributed by atoms with Gasteiger partial charge in [-0.3, -0.25) is 0 Å². The number of aromatic nitrogens is 1. The van der Waals surface area contributed by atoms with Crippen LogP contribution in [0.15, 0.2) is 42.6 Å². The molecule has 0 spiro atoms. The van der Waals surface area contributed by atoms with Crippen molar-refractivity contribution in [3.8, 4) is 0 Å². The van der Waals surface area contributed by atoms with Crippen LogP contribution in [-0.2, 0) is 6.18 Å². The number of rotatable bonds is 3. The van der Waals surface area contributed by atoms with Gasteiger partial charge in [0, 0.05) is 37.6 Å². The molecule has 0 bridgehead atoms. The number of nitrogens with zero attached hydrogens (tertiary/aromatic N) is 3. The highest BCUT2D eigenvalue weighted by atomic mass is 19.4. The molecule has 1 aliphatic carbocycles. The second-order valence-corrected chi connectivity index (χ2v) is 8.39. The number of carbonyl (C=O) groups excluding carboxylic acids is 1. The maximum Gasteiger partial charge on any atom is 0.419 e. The number of hydrogen-bond acceptors (Lipinski definition) is 3. The third-order valence-corrected chi connectivity index (χ3v) is 6.27. The number of benzene rings is 1. The fourth-order valence-electron chi connectivity index (χ4n) is 4.61. The Hall–Kier alpha value is -2.77. The zero-order valence-electron chi connectivity index (χ0n) is 17.5. The number of nitrogens with one attached hydrogen (secondary N) is 1. The normalized spacial score (nSPS) is 20.2. The van der Waals surface area contributed by atoms with Crippen LogP contribution in [0.2, 0.25) is 0 Å². The summed E-state index contributed by atoms with van der Waals surface area (Å²) >= 11 is 0. The van der Waals surface area contributed by atoms with Gasteiger partial charge in [-0.25, -0.2) is 9.78 Å². The fourth-order valence-corrected chi connectivity index (χ4v) is 4.61. The third-order valence-electron chi connectivity index (χ3n) is 6.27. The van der Waals surface area contributed by atoms with Crippen LogP contribution in [-0.4, -0.2) is 41.6 Å². The van der Waals surface area contributed by atoms with E-state index < -0.39 is 11.7 Å². The first-order valence-electron chi connectivity index (χ1n) is 10.8. The van der Waals surface area contributed by atoms with E-state index in [1.807, 2.05) is 19.1 Å². The van der Waals surface area contributed by atoms with Crippen LogP contribution >= 0.6 is 0 Å². The molecule has 31 heavy (non-hydrogen) atoms. The fraction of sp³-hybridized carbons (Fsp3) is 0.478. The highest BCUT2D eigenvalue weighted by molar-refractivity contribution is 5.89. The lowest BCUT2D eigenvalue weighted by atomic mass is 9.98. The van der Waals surface area contributed by atoms with E-state index in [0.29, 0.717) is 19.0 Å². The first-order chi connectivity index (χ1) is 14.8. The van der Waals surface area contributed by atoms with Crippen LogP contribution in [0.3, 0.4) is 0 Å². The quantitative estimate of drug-likeness (QED) is 0.697. The highest BCUT2D eigenvalue weighted by Crippen LogP contribution is 2.36. The summed E-state index contributed by atoms with van der Waals surface area (Å²) in [5.41, 5.74) is 1.29. The SMILES string of the molecule is C[C@@H]1CN(c2ncccc2C(F)(F)F)CCN1C(=O)Nc1ccc(C2CCCC2)cc1. The molecule has 1 N–H and O–H groups in total. The van der Waals surface area contributed by atoms with Crippen molar-refractivity contribution in [2.24, 2.45) is 0 Å². The van der Waals surface area contributed by atoms with E-state index in [4.69, 9.17) is 0 Å². The Morgan fingerprint density at radius 2 is 1.81 bits per heavy atom. The number of urea groups is 1. The van der Waals surface area contributed by atoms with Crippen molar-refractivity contribution in [1.82, 2.24) is 9.88 Å². The van der Waals surface area contributed by atoms with E-state index in [9.17, 15) is 18.0 Å². The van der Waals surface area contributed by atoms with E-state index in [2.05, 4.69) is 22.4 Å². The molecule has 1 saturated carbocycles. The summed E-state index contributed by atoms with van der Waals surface area (Å²) in [4.78, 5) is 20.0. The zero-order valence-corrected chi connectivity index (χ0v) is 17.5. The lowest BCUT2D eigenvalue weighted by Gasteiger charge is -2.40. The van der Waals surface area contributed by atoms with E-state index in [0.717, 1.165) is 11.8 Å². The number of anilines is 2. The molecule has 0 radical (unpaired) electrons. The summed E-state index contributed by atoms with van der Waals surface area (Å²) in [6, 6.07) is 9.84. The van der Waals surface area contributed by atoms with Gasteiger partial charge in [0.15, 0.2) is 0 Å². The molecule has 1 aliphatic heterocycles. The highest BCUT2D eigenvalue weighted by Gasteiger charge is 2.37. The molecule has 1 aromatic heterocycles. The van der Waals surface area contributed by atoms with Gasteiger partial charge in [-0.05, 0) is 55.5 Å². The Morgan fingerprint density at radius 1 is 1.10 bits per heavy atom. The molecule has 2 amide bonds. The molecule has 2 aliphatic rings. The maximum atomic E-state index is 13.3. The molecule has 2 aromatic rings. The van der Waals surface area contributed by atoms with Crippen molar-refractivity contribution < 1.29 is 18.0 Å². The average molecular weight is 432 g/mol. The van der Waals surface area contributed by atoms with Gasteiger partial charge in [-0.2, -0.15) is 13.2 Å². The minimum atomic E-state index is -4.47. The van der Waals surface area contributed by atoms with Crippen LogP contribution in [0.5, 0.6) is 0 Å². The largest absolute Gasteiger partial charge is 0.419 e. The third kappa shape index (κ3) is 4.78. The van der Waals surface area contributed by atoms with Crippen molar-refractivity contribution in [1.29, 1.82) is 0 Å². The first kappa shape index (κ1) is 21.5. The average Bonchev–Trinajstić information content (AvgIpc) is 3.28. The van der Waals surface area contributed by atoms with Crippen LogP contribution in [0.4, 0.5) is 29.5 Å². The standard InChI is InChI=1S/C23H27F3N4O/c1-16-15-29(21-20(23(24,25)26)7-4-12-27-21)13-14-30(16)22(31)28-19-10-8-18(9-11-19)17-5-2-3-6-17/h4,7-12,16-17H,2-3,5-6,13-15H2,1H3,(H,28,31)/t16-/m1/s1. The molecule has 2 fully saturated rings. The Morgan fingerprint density at radius 3 is 2.45 bits per heavy atom. The molecule has 0 unspecified atom stereocenters. The number of piperazine rings is 1. The Kier molecular flexibility index (Phi) is 6.07. The van der Waals surface area contributed by atoms with Crippen molar-refractivity contribution in [2.75, 3.05) is 29.9 Å². The molecular weight excluding hydrogens is 405 g/mol. The minimum Gasteiger partial charge on any atom is -0.352 e. The summed E-state index contributed by atoms with van der Waals surface area (Å²) in [5, 5.41) is 2.92. The van der Waals surface area contributed by atoms with E-state index in [-0.39, 0.29) is 24.4 Å². The van der Waals surface area contributed by atoms with E-state index >= 15 is 0 Å². The predicted molar refractivity (Wildman–Crippen MR) is 114 cm³/mol. The Bertz CT molecular complexity index is 910. The number of carbonyl (C=O) groups is 1.